The zero-order valence-electron chi connectivity index (χ0n) is 9.92. The molecule has 2 aromatic rings. The van der Waals surface area contributed by atoms with Crippen LogP contribution in [0.4, 0.5) is 5.69 Å². The van der Waals surface area contributed by atoms with E-state index in [4.69, 9.17) is 11.6 Å². The Hall–Kier alpha value is -1.95. The van der Waals surface area contributed by atoms with Crippen molar-refractivity contribution in [1.29, 1.82) is 0 Å². The number of nitrogens with zero attached hydrogens (tertiary/aromatic N) is 4. The molecule has 0 radical (unpaired) electrons. The monoisotopic (exact) mass is 266 g/mol. The van der Waals surface area contributed by atoms with E-state index in [1.165, 1.54) is 12.1 Å². The van der Waals surface area contributed by atoms with Crippen LogP contribution >= 0.6 is 11.6 Å². The molecule has 0 saturated heterocycles. The van der Waals surface area contributed by atoms with Crippen LogP contribution in [-0.4, -0.2) is 19.7 Å². The van der Waals surface area contributed by atoms with Gasteiger partial charge in [0.2, 0.25) is 0 Å². The largest absolute Gasteiger partial charge is 0.313 e. The van der Waals surface area contributed by atoms with Crippen LogP contribution < -0.4 is 0 Å². The van der Waals surface area contributed by atoms with Gasteiger partial charge in [-0.25, -0.2) is 0 Å². The highest BCUT2D eigenvalue weighted by Crippen LogP contribution is 2.24. The van der Waals surface area contributed by atoms with Gasteiger partial charge in [0, 0.05) is 24.7 Å². The summed E-state index contributed by atoms with van der Waals surface area (Å²) < 4.78 is 1.73. The maximum Gasteiger partial charge on any atom is 0.270 e. The van der Waals surface area contributed by atoms with Crippen LogP contribution in [0, 0.1) is 17.0 Å². The number of aryl methyl sites for hydroxylation is 1. The molecule has 94 valence electrons. The maximum absolute atomic E-state index is 10.8. The molecule has 0 N–H and O–H groups in total. The molecular formula is C11H11ClN4O2. The standard InChI is InChI=1S/C11H11ClN4O2/c1-7-3-8(5-9(4-7)16(17)18)11-14-13-10(6-12)15(11)2/h3-5H,6H2,1-2H3. The van der Waals surface area contributed by atoms with E-state index in [0.717, 1.165) is 5.56 Å². The first kappa shape index (κ1) is 12.5. The van der Waals surface area contributed by atoms with Crippen molar-refractivity contribution in [2.24, 2.45) is 7.05 Å². The van der Waals surface area contributed by atoms with Gasteiger partial charge in [0.1, 0.15) is 5.82 Å². The van der Waals surface area contributed by atoms with Crippen molar-refractivity contribution < 1.29 is 4.92 Å². The topological polar surface area (TPSA) is 73.8 Å². The van der Waals surface area contributed by atoms with Crippen LogP contribution in [0.25, 0.3) is 11.4 Å². The fourth-order valence-electron chi connectivity index (χ4n) is 1.73. The molecule has 0 saturated carbocycles. The van der Waals surface area contributed by atoms with Crippen molar-refractivity contribution in [3.8, 4) is 11.4 Å². The molecule has 1 aromatic heterocycles. The van der Waals surface area contributed by atoms with Gasteiger partial charge in [0.15, 0.2) is 5.82 Å². The summed E-state index contributed by atoms with van der Waals surface area (Å²) in [5.41, 5.74) is 1.50. The smallest absolute Gasteiger partial charge is 0.270 e. The molecule has 1 heterocycles. The number of hydrogen-bond donors (Lipinski definition) is 0. The minimum Gasteiger partial charge on any atom is -0.313 e. The molecule has 7 heteroatoms. The van der Waals surface area contributed by atoms with Gasteiger partial charge in [0.05, 0.1) is 10.8 Å². The summed E-state index contributed by atoms with van der Waals surface area (Å²) in [6.07, 6.45) is 0. The first-order chi connectivity index (χ1) is 8.52. The zero-order chi connectivity index (χ0) is 13.3. The molecular weight excluding hydrogens is 256 g/mol. The number of nitro benzene ring substituents is 1. The van der Waals surface area contributed by atoms with Gasteiger partial charge in [-0.1, -0.05) is 0 Å². The number of rotatable bonds is 3. The number of alkyl halides is 1. The van der Waals surface area contributed by atoms with E-state index in [1.54, 1.807) is 18.5 Å². The molecule has 6 nitrogen and oxygen atoms in total. The normalized spacial score (nSPS) is 10.6. The fourth-order valence-corrected chi connectivity index (χ4v) is 1.96. The Kier molecular flexibility index (Phi) is 3.29. The van der Waals surface area contributed by atoms with Gasteiger partial charge >= 0.3 is 0 Å². The number of non-ortho nitro benzene ring substituents is 1. The van der Waals surface area contributed by atoms with Crippen molar-refractivity contribution in [2.75, 3.05) is 0 Å². The molecule has 18 heavy (non-hydrogen) atoms. The Labute approximate surface area is 108 Å². The van der Waals surface area contributed by atoms with Crippen molar-refractivity contribution in [1.82, 2.24) is 14.8 Å². The van der Waals surface area contributed by atoms with Crippen LogP contribution in [-0.2, 0) is 12.9 Å². The summed E-state index contributed by atoms with van der Waals surface area (Å²) in [7, 11) is 1.78. The first-order valence-corrected chi connectivity index (χ1v) is 5.77. The Morgan fingerprint density at radius 2 is 2.11 bits per heavy atom. The van der Waals surface area contributed by atoms with Gasteiger partial charge in [-0.05, 0) is 18.6 Å². The minimum atomic E-state index is -0.421. The third-order valence-corrected chi connectivity index (χ3v) is 2.85. The molecule has 1 aromatic carbocycles. The van der Waals surface area contributed by atoms with Gasteiger partial charge in [-0.3, -0.25) is 10.1 Å². The van der Waals surface area contributed by atoms with Crippen LogP contribution in [0.5, 0.6) is 0 Å². The summed E-state index contributed by atoms with van der Waals surface area (Å²) >= 11 is 5.71. The van der Waals surface area contributed by atoms with Crippen LogP contribution in [0.3, 0.4) is 0 Å². The average molecular weight is 267 g/mol. The molecule has 0 amide bonds. The molecule has 0 fully saturated rings. The van der Waals surface area contributed by atoms with Gasteiger partial charge < -0.3 is 4.57 Å². The van der Waals surface area contributed by atoms with E-state index in [0.29, 0.717) is 17.2 Å². The van der Waals surface area contributed by atoms with E-state index in [-0.39, 0.29) is 11.6 Å². The third-order valence-electron chi connectivity index (χ3n) is 2.62. The number of hydrogen-bond acceptors (Lipinski definition) is 4. The molecule has 0 aliphatic rings. The molecule has 0 unspecified atom stereocenters. The predicted octanol–water partition coefficient (Wildman–Crippen LogP) is 2.44. The maximum atomic E-state index is 10.8. The summed E-state index contributed by atoms with van der Waals surface area (Å²) in [6, 6.07) is 4.83. The van der Waals surface area contributed by atoms with Crippen molar-refractivity contribution in [3.05, 3.63) is 39.7 Å². The second-order valence-electron chi connectivity index (χ2n) is 3.95. The number of aromatic nitrogens is 3. The van der Waals surface area contributed by atoms with Crippen LogP contribution in [0.1, 0.15) is 11.4 Å². The van der Waals surface area contributed by atoms with Gasteiger partial charge in [-0.2, -0.15) is 0 Å². The lowest BCUT2D eigenvalue weighted by Crippen LogP contribution is -1.98. The average Bonchev–Trinajstić information content (AvgIpc) is 2.69. The second-order valence-corrected chi connectivity index (χ2v) is 4.21. The van der Waals surface area contributed by atoms with Crippen LogP contribution in [0.15, 0.2) is 18.2 Å². The fraction of sp³-hybridized carbons (Fsp3) is 0.273. The lowest BCUT2D eigenvalue weighted by Gasteiger charge is -2.03. The third kappa shape index (κ3) is 2.19. The Morgan fingerprint density at radius 3 is 2.67 bits per heavy atom. The quantitative estimate of drug-likeness (QED) is 0.486. The predicted molar refractivity (Wildman–Crippen MR) is 67.4 cm³/mol. The summed E-state index contributed by atoms with van der Waals surface area (Å²) in [4.78, 5) is 10.4. The zero-order valence-corrected chi connectivity index (χ0v) is 10.7. The Bertz CT molecular complexity index is 609. The van der Waals surface area contributed by atoms with Crippen molar-refractivity contribution in [2.45, 2.75) is 12.8 Å². The summed E-state index contributed by atoms with van der Waals surface area (Å²) in [5, 5.41) is 18.8. The molecule has 0 aliphatic carbocycles. The van der Waals surface area contributed by atoms with Gasteiger partial charge in [-0.15, -0.1) is 21.8 Å². The van der Waals surface area contributed by atoms with E-state index >= 15 is 0 Å². The highest BCUT2D eigenvalue weighted by atomic mass is 35.5. The molecule has 0 spiro atoms. The van der Waals surface area contributed by atoms with E-state index in [2.05, 4.69) is 10.2 Å². The molecule has 0 atom stereocenters. The van der Waals surface area contributed by atoms with E-state index in [9.17, 15) is 10.1 Å². The minimum absolute atomic E-state index is 0.0421. The van der Waals surface area contributed by atoms with Crippen molar-refractivity contribution >= 4 is 17.3 Å². The Morgan fingerprint density at radius 1 is 1.39 bits per heavy atom. The first-order valence-electron chi connectivity index (χ1n) is 5.23. The van der Waals surface area contributed by atoms with Gasteiger partial charge in [0.25, 0.3) is 5.69 Å². The SMILES string of the molecule is Cc1cc(-c2nnc(CCl)n2C)cc([N+](=O)[O-])c1. The lowest BCUT2D eigenvalue weighted by molar-refractivity contribution is -0.384. The molecule has 0 aliphatic heterocycles. The van der Waals surface area contributed by atoms with Crippen LogP contribution in [0.2, 0.25) is 0 Å². The second kappa shape index (κ2) is 4.73. The van der Waals surface area contributed by atoms with Crippen molar-refractivity contribution in [3.63, 3.8) is 0 Å². The molecule has 0 bridgehead atoms. The number of nitro groups is 1. The summed E-state index contributed by atoms with van der Waals surface area (Å²) in [5.74, 6) is 1.44. The highest BCUT2D eigenvalue weighted by molar-refractivity contribution is 6.16. The molecule has 2 rings (SSSR count). The number of benzene rings is 1. The van der Waals surface area contributed by atoms with E-state index in [1.807, 2.05) is 6.07 Å². The highest BCUT2D eigenvalue weighted by Gasteiger charge is 2.14. The number of halogens is 1. The summed E-state index contributed by atoms with van der Waals surface area (Å²) in [6.45, 7) is 1.80. The Balaban J connectivity index is 2.56. The lowest BCUT2D eigenvalue weighted by atomic mass is 10.1. The van der Waals surface area contributed by atoms with E-state index < -0.39 is 4.92 Å².